The van der Waals surface area contributed by atoms with Gasteiger partial charge in [0, 0.05) is 31.7 Å². The van der Waals surface area contributed by atoms with Crippen LogP contribution in [0.3, 0.4) is 0 Å². The number of aryl methyl sites for hydroxylation is 1. The molecule has 3 unspecified atom stereocenters. The van der Waals surface area contributed by atoms with Gasteiger partial charge in [-0.25, -0.2) is 0 Å². The Hall–Kier alpha value is -0.940. The second-order valence-corrected chi connectivity index (χ2v) is 6.08. The standard InChI is InChI=1S/C14H24N4O/c1-17-9-11(15-16-17)10-18-8-3-2-6-13(18)12-5-4-7-14(12)19/h9,12-14,19H,2-8,10H2,1H3. The molecule has 0 amide bonds. The summed E-state index contributed by atoms with van der Waals surface area (Å²) in [7, 11) is 1.91. The van der Waals surface area contributed by atoms with Gasteiger partial charge in [0.2, 0.25) is 0 Å². The number of rotatable bonds is 3. The zero-order chi connectivity index (χ0) is 13.2. The predicted molar refractivity (Wildman–Crippen MR) is 72.4 cm³/mol. The molecule has 2 fully saturated rings. The summed E-state index contributed by atoms with van der Waals surface area (Å²) in [5.74, 6) is 0.469. The van der Waals surface area contributed by atoms with E-state index >= 15 is 0 Å². The van der Waals surface area contributed by atoms with Gasteiger partial charge < -0.3 is 5.11 Å². The van der Waals surface area contributed by atoms with E-state index in [2.05, 4.69) is 15.2 Å². The van der Waals surface area contributed by atoms with Gasteiger partial charge in [-0.1, -0.05) is 18.1 Å². The molecule has 2 heterocycles. The van der Waals surface area contributed by atoms with E-state index in [1.807, 2.05) is 13.2 Å². The van der Waals surface area contributed by atoms with Crippen molar-refractivity contribution in [1.29, 1.82) is 0 Å². The molecule has 5 heteroatoms. The molecule has 1 saturated heterocycles. The highest BCUT2D eigenvalue weighted by molar-refractivity contribution is 4.96. The van der Waals surface area contributed by atoms with Crippen LogP contribution in [0.5, 0.6) is 0 Å². The van der Waals surface area contributed by atoms with E-state index in [9.17, 15) is 5.11 Å². The largest absolute Gasteiger partial charge is 0.393 e. The van der Waals surface area contributed by atoms with E-state index in [0.717, 1.165) is 25.2 Å². The molecule has 1 aliphatic carbocycles. The fraction of sp³-hybridized carbons (Fsp3) is 0.857. The molecule has 1 N–H and O–H groups in total. The van der Waals surface area contributed by atoms with Gasteiger partial charge in [0.05, 0.1) is 11.8 Å². The summed E-state index contributed by atoms with van der Waals surface area (Å²) in [6, 6.07) is 0.535. The molecule has 5 nitrogen and oxygen atoms in total. The van der Waals surface area contributed by atoms with Crippen molar-refractivity contribution in [3.05, 3.63) is 11.9 Å². The molecule has 3 atom stereocenters. The van der Waals surface area contributed by atoms with Crippen LogP contribution in [-0.4, -0.2) is 43.7 Å². The van der Waals surface area contributed by atoms with Crippen molar-refractivity contribution >= 4 is 0 Å². The smallest absolute Gasteiger partial charge is 0.0967 e. The molecule has 0 spiro atoms. The van der Waals surface area contributed by atoms with Gasteiger partial charge in [-0.3, -0.25) is 9.58 Å². The SMILES string of the molecule is Cn1cc(CN2CCCCC2C2CCCC2O)nn1. The molecular weight excluding hydrogens is 240 g/mol. The maximum Gasteiger partial charge on any atom is 0.0967 e. The van der Waals surface area contributed by atoms with E-state index in [0.29, 0.717) is 12.0 Å². The fourth-order valence-corrected chi connectivity index (χ4v) is 3.79. The van der Waals surface area contributed by atoms with Crippen LogP contribution in [0, 0.1) is 5.92 Å². The van der Waals surface area contributed by atoms with Crippen molar-refractivity contribution in [1.82, 2.24) is 19.9 Å². The second-order valence-electron chi connectivity index (χ2n) is 6.08. The second kappa shape index (κ2) is 5.59. The minimum atomic E-state index is -0.0903. The first-order chi connectivity index (χ1) is 9.24. The minimum Gasteiger partial charge on any atom is -0.393 e. The lowest BCUT2D eigenvalue weighted by atomic mass is 9.87. The zero-order valence-corrected chi connectivity index (χ0v) is 11.7. The zero-order valence-electron chi connectivity index (χ0n) is 11.7. The van der Waals surface area contributed by atoms with Crippen LogP contribution in [0.1, 0.15) is 44.2 Å². The summed E-state index contributed by atoms with van der Waals surface area (Å²) < 4.78 is 1.76. The number of piperidine rings is 1. The van der Waals surface area contributed by atoms with E-state index in [1.165, 1.54) is 32.1 Å². The number of hydrogen-bond acceptors (Lipinski definition) is 4. The Balaban J connectivity index is 1.70. The molecule has 1 aliphatic heterocycles. The minimum absolute atomic E-state index is 0.0903. The monoisotopic (exact) mass is 264 g/mol. The van der Waals surface area contributed by atoms with Gasteiger partial charge in [0.1, 0.15) is 0 Å². The van der Waals surface area contributed by atoms with Crippen LogP contribution in [0.25, 0.3) is 0 Å². The number of aliphatic hydroxyl groups is 1. The molecule has 1 aromatic heterocycles. The van der Waals surface area contributed by atoms with Crippen LogP contribution >= 0.6 is 0 Å². The molecule has 0 aromatic carbocycles. The molecule has 19 heavy (non-hydrogen) atoms. The van der Waals surface area contributed by atoms with Crippen molar-refractivity contribution in [2.75, 3.05) is 6.54 Å². The van der Waals surface area contributed by atoms with Gasteiger partial charge in [0.15, 0.2) is 0 Å². The normalized spacial score (nSPS) is 32.8. The molecule has 0 radical (unpaired) electrons. The Morgan fingerprint density at radius 2 is 2.16 bits per heavy atom. The molecule has 1 aromatic rings. The topological polar surface area (TPSA) is 54.2 Å². The van der Waals surface area contributed by atoms with E-state index in [1.54, 1.807) is 4.68 Å². The summed E-state index contributed by atoms with van der Waals surface area (Å²) in [6.45, 7) is 2.01. The Morgan fingerprint density at radius 3 is 2.84 bits per heavy atom. The van der Waals surface area contributed by atoms with E-state index < -0.39 is 0 Å². The molecule has 3 rings (SSSR count). The summed E-state index contributed by atoms with van der Waals surface area (Å²) >= 11 is 0. The van der Waals surface area contributed by atoms with Gasteiger partial charge >= 0.3 is 0 Å². The summed E-state index contributed by atoms with van der Waals surface area (Å²) in [5, 5.41) is 18.4. The lowest BCUT2D eigenvalue weighted by Gasteiger charge is -2.40. The fourth-order valence-electron chi connectivity index (χ4n) is 3.79. The highest BCUT2D eigenvalue weighted by Gasteiger charge is 2.37. The first-order valence-electron chi connectivity index (χ1n) is 7.51. The van der Waals surface area contributed by atoms with Crippen molar-refractivity contribution < 1.29 is 5.11 Å². The van der Waals surface area contributed by atoms with Crippen LogP contribution in [0.4, 0.5) is 0 Å². The van der Waals surface area contributed by atoms with Gasteiger partial charge in [0.25, 0.3) is 0 Å². The number of likely N-dealkylation sites (tertiary alicyclic amines) is 1. The third-order valence-electron chi connectivity index (χ3n) is 4.71. The number of hydrogen-bond donors (Lipinski definition) is 1. The molecular formula is C14H24N4O. The van der Waals surface area contributed by atoms with Crippen molar-refractivity contribution in [2.45, 2.75) is 57.2 Å². The van der Waals surface area contributed by atoms with E-state index in [-0.39, 0.29) is 6.10 Å². The van der Waals surface area contributed by atoms with Gasteiger partial charge in [-0.15, -0.1) is 5.10 Å². The average molecular weight is 264 g/mol. The lowest BCUT2D eigenvalue weighted by molar-refractivity contribution is 0.0306. The average Bonchev–Trinajstić information content (AvgIpc) is 2.99. The quantitative estimate of drug-likeness (QED) is 0.895. The maximum atomic E-state index is 10.2. The van der Waals surface area contributed by atoms with Crippen molar-refractivity contribution in [3.63, 3.8) is 0 Å². The van der Waals surface area contributed by atoms with Crippen molar-refractivity contribution in [3.8, 4) is 0 Å². The lowest BCUT2D eigenvalue weighted by Crippen LogP contribution is -2.45. The summed E-state index contributed by atoms with van der Waals surface area (Å²) in [5.41, 5.74) is 1.04. The third kappa shape index (κ3) is 2.82. The van der Waals surface area contributed by atoms with Gasteiger partial charge in [-0.2, -0.15) is 0 Å². The number of aliphatic hydroxyl groups excluding tert-OH is 1. The predicted octanol–water partition coefficient (Wildman–Crippen LogP) is 1.33. The molecule has 0 bridgehead atoms. The Bertz CT molecular complexity index is 419. The maximum absolute atomic E-state index is 10.2. The van der Waals surface area contributed by atoms with Crippen molar-refractivity contribution in [2.24, 2.45) is 13.0 Å². The Labute approximate surface area is 114 Å². The summed E-state index contributed by atoms with van der Waals surface area (Å²) in [4.78, 5) is 2.52. The first-order valence-corrected chi connectivity index (χ1v) is 7.51. The molecule has 1 saturated carbocycles. The van der Waals surface area contributed by atoms with Crippen LogP contribution < -0.4 is 0 Å². The van der Waals surface area contributed by atoms with Crippen LogP contribution in [-0.2, 0) is 13.6 Å². The molecule has 2 aliphatic rings. The number of nitrogens with zero attached hydrogens (tertiary/aromatic N) is 4. The van der Waals surface area contributed by atoms with Gasteiger partial charge in [-0.05, 0) is 32.2 Å². The highest BCUT2D eigenvalue weighted by Crippen LogP contribution is 2.35. The first kappa shape index (κ1) is 13.1. The Morgan fingerprint density at radius 1 is 1.26 bits per heavy atom. The highest BCUT2D eigenvalue weighted by atomic mass is 16.3. The third-order valence-corrected chi connectivity index (χ3v) is 4.71. The molecule has 106 valence electrons. The van der Waals surface area contributed by atoms with Crippen LogP contribution in [0.2, 0.25) is 0 Å². The van der Waals surface area contributed by atoms with E-state index in [4.69, 9.17) is 0 Å². The van der Waals surface area contributed by atoms with Crippen LogP contribution in [0.15, 0.2) is 6.20 Å². The summed E-state index contributed by atoms with van der Waals surface area (Å²) in [6.07, 6.45) is 9.04. The number of aromatic nitrogens is 3. The Kier molecular flexibility index (Phi) is 3.84.